The van der Waals surface area contributed by atoms with Crippen molar-refractivity contribution in [3.63, 3.8) is 0 Å². The van der Waals surface area contributed by atoms with E-state index in [4.69, 9.17) is 28.4 Å². The van der Waals surface area contributed by atoms with Gasteiger partial charge in [-0.05, 0) is 0 Å². The smallest absolute Gasteiger partial charge is 0.186 e. The summed E-state index contributed by atoms with van der Waals surface area (Å²) in [7, 11) is 8.02. The van der Waals surface area contributed by atoms with E-state index in [1.807, 2.05) is 0 Å². The van der Waals surface area contributed by atoms with Crippen molar-refractivity contribution in [1.29, 1.82) is 0 Å². The molecule has 0 spiro atoms. The topological polar surface area (TPSA) is 55.4 Å². The minimum absolute atomic E-state index is 0.220. The minimum atomic E-state index is -0.454. The second kappa shape index (κ2) is 7.25. The first kappa shape index (κ1) is 14.8. The molecule has 0 bridgehead atoms. The second-order valence-electron chi connectivity index (χ2n) is 3.83. The largest absolute Gasteiger partial charge is 0.382 e. The van der Waals surface area contributed by atoms with E-state index in [-0.39, 0.29) is 24.4 Å². The van der Waals surface area contributed by atoms with Crippen LogP contribution in [0.1, 0.15) is 0 Å². The van der Waals surface area contributed by atoms with Gasteiger partial charge in [0.25, 0.3) is 0 Å². The molecule has 1 saturated heterocycles. The van der Waals surface area contributed by atoms with Gasteiger partial charge in [-0.1, -0.05) is 0 Å². The Morgan fingerprint density at radius 2 is 1.59 bits per heavy atom. The molecule has 6 nitrogen and oxygen atoms in total. The number of methoxy groups -OCH3 is 5. The number of ether oxygens (including phenoxy) is 6. The van der Waals surface area contributed by atoms with Crippen LogP contribution in [-0.4, -0.2) is 72.9 Å². The number of hydrogen-bond acceptors (Lipinski definition) is 6. The zero-order valence-electron chi connectivity index (χ0n) is 11.0. The first-order valence-corrected chi connectivity index (χ1v) is 5.49. The lowest BCUT2D eigenvalue weighted by molar-refractivity contribution is -0.175. The quantitative estimate of drug-likeness (QED) is 0.636. The minimum Gasteiger partial charge on any atom is -0.382 e. The Hall–Kier alpha value is -0.240. The number of rotatable bonds is 7. The molecule has 0 aromatic carbocycles. The maximum atomic E-state index is 5.75. The Morgan fingerprint density at radius 1 is 0.941 bits per heavy atom. The summed E-state index contributed by atoms with van der Waals surface area (Å²) in [6.07, 6.45) is -1.47. The van der Waals surface area contributed by atoms with Gasteiger partial charge in [0.05, 0.1) is 6.61 Å². The zero-order valence-corrected chi connectivity index (χ0v) is 11.0. The molecule has 0 N–H and O–H groups in total. The molecule has 5 atom stereocenters. The highest BCUT2D eigenvalue weighted by atomic mass is 16.7. The predicted molar refractivity (Wildman–Crippen MR) is 59.9 cm³/mol. The normalized spacial score (nSPS) is 35.1. The second-order valence-corrected chi connectivity index (χ2v) is 3.83. The lowest BCUT2D eigenvalue weighted by Gasteiger charge is -2.26. The Morgan fingerprint density at radius 3 is 2.00 bits per heavy atom. The fraction of sp³-hybridized carbons (Fsp3) is 1.00. The molecule has 1 rings (SSSR count). The molecular formula is C11H22O6. The van der Waals surface area contributed by atoms with Gasteiger partial charge in [-0.15, -0.1) is 0 Å². The highest BCUT2D eigenvalue weighted by molar-refractivity contribution is 4.93. The van der Waals surface area contributed by atoms with Gasteiger partial charge in [0.2, 0.25) is 0 Å². The van der Waals surface area contributed by atoms with Crippen LogP contribution in [0.2, 0.25) is 0 Å². The van der Waals surface area contributed by atoms with Crippen molar-refractivity contribution in [2.24, 2.45) is 0 Å². The maximum Gasteiger partial charge on any atom is 0.186 e. The van der Waals surface area contributed by atoms with Gasteiger partial charge < -0.3 is 28.4 Å². The van der Waals surface area contributed by atoms with Crippen molar-refractivity contribution in [3.8, 4) is 0 Å². The summed E-state index contributed by atoms with van der Waals surface area (Å²) in [5.74, 6) is 0. The highest BCUT2D eigenvalue weighted by Crippen LogP contribution is 2.29. The van der Waals surface area contributed by atoms with E-state index >= 15 is 0 Å². The summed E-state index contributed by atoms with van der Waals surface area (Å²) in [6, 6.07) is 0. The van der Waals surface area contributed by atoms with Crippen LogP contribution < -0.4 is 0 Å². The molecule has 0 amide bonds. The monoisotopic (exact) mass is 250 g/mol. The number of hydrogen-bond donors (Lipinski definition) is 0. The van der Waals surface area contributed by atoms with Gasteiger partial charge in [0.1, 0.15) is 24.4 Å². The molecule has 1 aliphatic heterocycles. The molecule has 0 aromatic rings. The first-order chi connectivity index (χ1) is 8.23. The Balaban J connectivity index is 2.76. The summed E-state index contributed by atoms with van der Waals surface area (Å²) in [4.78, 5) is 0. The van der Waals surface area contributed by atoms with Crippen molar-refractivity contribution < 1.29 is 28.4 Å². The van der Waals surface area contributed by atoms with E-state index in [9.17, 15) is 0 Å². The molecule has 6 heteroatoms. The van der Waals surface area contributed by atoms with Crippen molar-refractivity contribution >= 4 is 0 Å². The molecule has 1 heterocycles. The molecule has 0 radical (unpaired) electrons. The van der Waals surface area contributed by atoms with Crippen LogP contribution in [0.3, 0.4) is 0 Å². The van der Waals surface area contributed by atoms with Gasteiger partial charge in [-0.2, -0.15) is 0 Å². The molecule has 0 aromatic heterocycles. The van der Waals surface area contributed by atoms with Crippen LogP contribution in [0.15, 0.2) is 0 Å². The first-order valence-electron chi connectivity index (χ1n) is 5.49. The fourth-order valence-corrected chi connectivity index (χ4v) is 2.12. The van der Waals surface area contributed by atoms with E-state index in [1.54, 1.807) is 35.5 Å². The summed E-state index contributed by atoms with van der Waals surface area (Å²) in [5.41, 5.74) is 0. The third-order valence-corrected chi connectivity index (χ3v) is 2.98. The van der Waals surface area contributed by atoms with E-state index in [0.717, 1.165) is 0 Å². The fourth-order valence-electron chi connectivity index (χ4n) is 2.12. The summed E-state index contributed by atoms with van der Waals surface area (Å²) in [5, 5.41) is 0. The average molecular weight is 250 g/mol. The third kappa shape index (κ3) is 3.15. The standard InChI is InChI=1S/C11H22O6/c1-12-6-7(13-2)8-9(14-3)10(15-4)11(16-5)17-8/h7-11H,6H2,1-5H3/t7-,8-,9+,10-,11+/m0/s1. The molecule has 0 saturated carbocycles. The molecule has 17 heavy (non-hydrogen) atoms. The van der Waals surface area contributed by atoms with Gasteiger partial charge >= 0.3 is 0 Å². The predicted octanol–water partition coefficient (Wildman–Crippen LogP) is 0.0491. The molecule has 0 unspecified atom stereocenters. The average Bonchev–Trinajstić information content (AvgIpc) is 2.73. The van der Waals surface area contributed by atoms with Gasteiger partial charge in [-0.25, -0.2) is 0 Å². The van der Waals surface area contributed by atoms with Crippen LogP contribution in [-0.2, 0) is 28.4 Å². The van der Waals surface area contributed by atoms with Crippen LogP contribution in [0.4, 0.5) is 0 Å². The van der Waals surface area contributed by atoms with Gasteiger partial charge in [0.15, 0.2) is 6.29 Å². The zero-order chi connectivity index (χ0) is 12.8. The Kier molecular flexibility index (Phi) is 6.32. The lowest BCUT2D eigenvalue weighted by Crippen LogP contribution is -2.43. The lowest BCUT2D eigenvalue weighted by atomic mass is 10.1. The molecule has 1 aliphatic rings. The van der Waals surface area contributed by atoms with E-state index in [2.05, 4.69) is 0 Å². The molecule has 1 fully saturated rings. The van der Waals surface area contributed by atoms with Gasteiger partial charge in [-0.3, -0.25) is 0 Å². The van der Waals surface area contributed by atoms with Crippen molar-refractivity contribution in [1.82, 2.24) is 0 Å². The van der Waals surface area contributed by atoms with E-state index in [1.165, 1.54) is 0 Å². The van der Waals surface area contributed by atoms with Crippen molar-refractivity contribution in [2.45, 2.75) is 30.7 Å². The molecule has 0 aliphatic carbocycles. The van der Waals surface area contributed by atoms with Crippen LogP contribution in [0, 0.1) is 0 Å². The van der Waals surface area contributed by atoms with Crippen molar-refractivity contribution in [2.75, 3.05) is 42.2 Å². The SMILES string of the molecule is COC[C@H](OC)[C@@H]1O[C@@H](OC)[C@@H](OC)[C@@H]1OC. The Labute approximate surface area is 102 Å². The highest BCUT2D eigenvalue weighted by Gasteiger charge is 2.49. The Bertz CT molecular complexity index is 212. The maximum absolute atomic E-state index is 5.75. The molecule has 102 valence electrons. The van der Waals surface area contributed by atoms with Crippen LogP contribution >= 0.6 is 0 Å². The van der Waals surface area contributed by atoms with Crippen LogP contribution in [0.25, 0.3) is 0 Å². The molecular weight excluding hydrogens is 228 g/mol. The van der Waals surface area contributed by atoms with Gasteiger partial charge in [0, 0.05) is 35.5 Å². The summed E-state index contributed by atoms with van der Waals surface area (Å²) >= 11 is 0. The van der Waals surface area contributed by atoms with E-state index in [0.29, 0.717) is 6.61 Å². The van der Waals surface area contributed by atoms with Crippen molar-refractivity contribution in [3.05, 3.63) is 0 Å². The van der Waals surface area contributed by atoms with Crippen LogP contribution in [0.5, 0.6) is 0 Å². The summed E-state index contributed by atoms with van der Waals surface area (Å²) < 4.78 is 32.2. The summed E-state index contributed by atoms with van der Waals surface area (Å²) in [6.45, 7) is 0.424. The third-order valence-electron chi connectivity index (χ3n) is 2.98. The van der Waals surface area contributed by atoms with E-state index < -0.39 is 6.29 Å².